The fourth-order valence-electron chi connectivity index (χ4n) is 4.59. The summed E-state index contributed by atoms with van der Waals surface area (Å²) in [6.07, 6.45) is 2.57. The number of rotatable bonds is 4. The number of benzene rings is 1. The van der Waals surface area contributed by atoms with Gasteiger partial charge in [-0.2, -0.15) is 0 Å². The summed E-state index contributed by atoms with van der Waals surface area (Å²) in [6, 6.07) is 8.04. The van der Waals surface area contributed by atoms with Gasteiger partial charge in [0.1, 0.15) is 0 Å². The van der Waals surface area contributed by atoms with E-state index in [-0.39, 0.29) is 11.4 Å². The number of nitrogens with one attached hydrogen (secondary N) is 1. The first-order valence-corrected chi connectivity index (χ1v) is 11.6. The Balaban J connectivity index is 1.43. The molecule has 8 nitrogen and oxygen atoms in total. The number of amides is 4. The number of anilines is 1. The summed E-state index contributed by atoms with van der Waals surface area (Å²) in [6.45, 7) is 10.9. The lowest BCUT2D eigenvalue weighted by Crippen LogP contribution is -2.53. The van der Waals surface area contributed by atoms with E-state index in [1.807, 2.05) is 6.07 Å². The Bertz CT molecular complexity index is 819. The number of hydrogen-bond donors (Lipinski definition) is 2. The zero-order chi connectivity index (χ0) is 23.3. The van der Waals surface area contributed by atoms with Crippen molar-refractivity contribution in [3.8, 4) is 0 Å². The molecule has 0 spiro atoms. The van der Waals surface area contributed by atoms with Gasteiger partial charge < -0.3 is 25.8 Å². The molecular formula is C24H37N5O3. The molecule has 2 fully saturated rings. The minimum atomic E-state index is -0.525. The van der Waals surface area contributed by atoms with Crippen LogP contribution < -0.4 is 16.0 Å². The summed E-state index contributed by atoms with van der Waals surface area (Å²) in [5, 5.41) is 2.78. The number of piperazine rings is 1. The maximum Gasteiger partial charge on any atom is 0.314 e. The Morgan fingerprint density at radius 3 is 2.19 bits per heavy atom. The van der Waals surface area contributed by atoms with Gasteiger partial charge in [0.05, 0.1) is 0 Å². The second-order valence-electron chi connectivity index (χ2n) is 9.86. The Hall–Kier alpha value is -2.77. The van der Waals surface area contributed by atoms with Crippen LogP contribution in [-0.2, 0) is 15.0 Å². The van der Waals surface area contributed by atoms with Crippen LogP contribution in [0.1, 0.15) is 45.6 Å². The normalized spacial score (nSPS) is 17.9. The highest BCUT2D eigenvalue weighted by atomic mass is 16.2. The van der Waals surface area contributed by atoms with Crippen LogP contribution in [0.15, 0.2) is 24.3 Å². The third-order valence-corrected chi connectivity index (χ3v) is 6.58. The van der Waals surface area contributed by atoms with E-state index in [1.54, 1.807) is 9.80 Å². The number of carbonyl (C=O) groups excluding carboxylic acids is 3. The van der Waals surface area contributed by atoms with E-state index in [1.165, 1.54) is 11.3 Å². The molecular weight excluding hydrogens is 406 g/mol. The van der Waals surface area contributed by atoms with Crippen molar-refractivity contribution in [3.05, 3.63) is 29.8 Å². The Labute approximate surface area is 191 Å². The Kier molecular flexibility index (Phi) is 7.64. The van der Waals surface area contributed by atoms with Gasteiger partial charge in [0.2, 0.25) is 0 Å². The van der Waals surface area contributed by atoms with Crippen molar-refractivity contribution in [2.75, 3.05) is 50.7 Å². The lowest BCUT2D eigenvalue weighted by Gasteiger charge is -2.38. The summed E-state index contributed by atoms with van der Waals surface area (Å²) in [5.41, 5.74) is 7.85. The summed E-state index contributed by atoms with van der Waals surface area (Å²) in [4.78, 5) is 41.8. The van der Waals surface area contributed by atoms with Crippen molar-refractivity contribution in [1.29, 1.82) is 0 Å². The van der Waals surface area contributed by atoms with Gasteiger partial charge in [-0.15, -0.1) is 0 Å². The lowest BCUT2D eigenvalue weighted by atomic mass is 9.85. The standard InChI is InChI=1S/C24H37N5O3/c1-24(2,3)19-6-4-5-7-20(19)27-14-16-28(17-15-27)22(31)21(30)26-11-8-18-9-12-29(13-10-18)23(25)32/h4-7,18H,8-17H2,1-3H3,(H2,25,32)(H,26,30). The average molecular weight is 444 g/mol. The molecule has 1 aromatic carbocycles. The average Bonchev–Trinajstić information content (AvgIpc) is 2.78. The molecule has 0 unspecified atom stereocenters. The van der Waals surface area contributed by atoms with Crippen LogP contribution in [0.4, 0.5) is 10.5 Å². The summed E-state index contributed by atoms with van der Waals surface area (Å²) in [5.74, 6) is -0.534. The first-order chi connectivity index (χ1) is 15.2. The molecule has 0 bridgehead atoms. The van der Waals surface area contributed by atoms with Crippen LogP contribution in [-0.4, -0.2) is 73.5 Å². The Morgan fingerprint density at radius 2 is 1.59 bits per heavy atom. The minimum Gasteiger partial charge on any atom is -0.368 e. The van der Waals surface area contributed by atoms with E-state index in [9.17, 15) is 14.4 Å². The van der Waals surface area contributed by atoms with Gasteiger partial charge in [-0.3, -0.25) is 9.59 Å². The number of para-hydroxylation sites is 1. The zero-order valence-corrected chi connectivity index (χ0v) is 19.6. The molecule has 8 heteroatoms. The van der Waals surface area contributed by atoms with Crippen molar-refractivity contribution in [1.82, 2.24) is 15.1 Å². The molecule has 4 amide bonds. The quantitative estimate of drug-likeness (QED) is 0.695. The highest BCUT2D eigenvalue weighted by Gasteiger charge is 2.28. The smallest absolute Gasteiger partial charge is 0.314 e. The predicted molar refractivity (Wildman–Crippen MR) is 125 cm³/mol. The van der Waals surface area contributed by atoms with Gasteiger partial charge >= 0.3 is 17.8 Å². The van der Waals surface area contributed by atoms with Crippen molar-refractivity contribution >= 4 is 23.5 Å². The molecule has 2 aliphatic rings. The summed E-state index contributed by atoms with van der Waals surface area (Å²) in [7, 11) is 0. The second kappa shape index (κ2) is 10.2. The highest BCUT2D eigenvalue weighted by molar-refractivity contribution is 6.35. The van der Waals surface area contributed by atoms with Crippen LogP contribution in [0.3, 0.4) is 0 Å². The van der Waals surface area contributed by atoms with Crippen molar-refractivity contribution in [2.45, 2.75) is 45.4 Å². The molecule has 3 rings (SSSR count). The van der Waals surface area contributed by atoms with Gasteiger partial charge in [-0.05, 0) is 42.2 Å². The van der Waals surface area contributed by atoms with Crippen LogP contribution >= 0.6 is 0 Å². The van der Waals surface area contributed by atoms with Crippen molar-refractivity contribution < 1.29 is 14.4 Å². The molecule has 1 aromatic rings. The van der Waals surface area contributed by atoms with Crippen molar-refractivity contribution in [2.24, 2.45) is 11.7 Å². The molecule has 2 saturated heterocycles. The van der Waals surface area contributed by atoms with Crippen LogP contribution in [0, 0.1) is 5.92 Å². The molecule has 3 N–H and O–H groups in total. The van der Waals surface area contributed by atoms with E-state index in [0.717, 1.165) is 19.3 Å². The predicted octanol–water partition coefficient (Wildman–Crippen LogP) is 1.93. The number of nitrogens with zero attached hydrogens (tertiary/aromatic N) is 3. The summed E-state index contributed by atoms with van der Waals surface area (Å²) >= 11 is 0. The molecule has 0 saturated carbocycles. The number of hydrogen-bond acceptors (Lipinski definition) is 4. The van der Waals surface area contributed by atoms with E-state index < -0.39 is 11.8 Å². The molecule has 2 aliphatic heterocycles. The van der Waals surface area contributed by atoms with Gasteiger partial charge in [0.15, 0.2) is 0 Å². The van der Waals surface area contributed by atoms with E-state index in [0.29, 0.717) is 51.7 Å². The van der Waals surface area contributed by atoms with Crippen LogP contribution in [0.5, 0.6) is 0 Å². The first-order valence-electron chi connectivity index (χ1n) is 11.6. The monoisotopic (exact) mass is 443 g/mol. The first kappa shape index (κ1) is 23.9. The largest absolute Gasteiger partial charge is 0.368 e. The third kappa shape index (κ3) is 5.93. The third-order valence-electron chi connectivity index (χ3n) is 6.58. The topological polar surface area (TPSA) is 99.0 Å². The number of nitrogens with two attached hydrogens (primary N) is 1. The lowest BCUT2D eigenvalue weighted by molar-refractivity contribution is -0.146. The second-order valence-corrected chi connectivity index (χ2v) is 9.86. The highest BCUT2D eigenvalue weighted by Crippen LogP contribution is 2.32. The number of likely N-dealkylation sites (tertiary alicyclic amines) is 1. The van der Waals surface area contributed by atoms with Crippen LogP contribution in [0.2, 0.25) is 0 Å². The van der Waals surface area contributed by atoms with Gasteiger partial charge in [-0.1, -0.05) is 39.0 Å². The SMILES string of the molecule is CC(C)(C)c1ccccc1N1CCN(C(=O)C(=O)NCCC2CCN(C(N)=O)CC2)CC1. The van der Waals surface area contributed by atoms with Crippen LogP contribution in [0.25, 0.3) is 0 Å². The van der Waals surface area contributed by atoms with Gasteiger partial charge in [0, 0.05) is 51.5 Å². The summed E-state index contributed by atoms with van der Waals surface area (Å²) < 4.78 is 0. The van der Waals surface area contributed by atoms with E-state index >= 15 is 0 Å². The number of piperidine rings is 1. The Morgan fingerprint density at radius 1 is 0.969 bits per heavy atom. The molecule has 2 heterocycles. The van der Waals surface area contributed by atoms with Gasteiger partial charge in [0.25, 0.3) is 0 Å². The molecule has 32 heavy (non-hydrogen) atoms. The molecule has 0 aliphatic carbocycles. The zero-order valence-electron chi connectivity index (χ0n) is 19.6. The molecule has 0 aromatic heterocycles. The fraction of sp³-hybridized carbons (Fsp3) is 0.625. The van der Waals surface area contributed by atoms with E-state index in [2.05, 4.69) is 49.2 Å². The maximum atomic E-state index is 12.6. The number of primary amides is 1. The van der Waals surface area contributed by atoms with E-state index in [4.69, 9.17) is 5.73 Å². The minimum absolute atomic E-state index is 0.0416. The molecule has 0 atom stereocenters. The molecule has 176 valence electrons. The fourth-order valence-corrected chi connectivity index (χ4v) is 4.59. The maximum absolute atomic E-state index is 12.6. The molecule has 0 radical (unpaired) electrons. The van der Waals surface area contributed by atoms with Gasteiger partial charge in [-0.25, -0.2) is 4.79 Å². The number of carbonyl (C=O) groups is 3. The van der Waals surface area contributed by atoms with Crippen molar-refractivity contribution in [3.63, 3.8) is 0 Å². The number of urea groups is 1.